The van der Waals surface area contributed by atoms with Crippen molar-refractivity contribution in [3.05, 3.63) is 0 Å². The Labute approximate surface area is 99.3 Å². The highest BCUT2D eigenvalue weighted by molar-refractivity contribution is 4.86. The van der Waals surface area contributed by atoms with Gasteiger partial charge < -0.3 is 15.5 Å². The van der Waals surface area contributed by atoms with E-state index in [1.807, 2.05) is 13.8 Å². The molecule has 16 heavy (non-hydrogen) atoms. The van der Waals surface area contributed by atoms with Gasteiger partial charge in [0.25, 0.3) is 0 Å². The van der Waals surface area contributed by atoms with Crippen molar-refractivity contribution in [2.24, 2.45) is 5.92 Å². The lowest BCUT2D eigenvalue weighted by Gasteiger charge is -2.37. The first-order valence-corrected chi connectivity index (χ1v) is 6.67. The molecule has 0 spiro atoms. The van der Waals surface area contributed by atoms with Gasteiger partial charge in [-0.15, -0.1) is 0 Å². The first-order valence-electron chi connectivity index (χ1n) is 6.67. The fourth-order valence-electron chi connectivity index (χ4n) is 2.75. The molecule has 0 heterocycles. The summed E-state index contributed by atoms with van der Waals surface area (Å²) in [4.78, 5) is 0. The van der Waals surface area contributed by atoms with Gasteiger partial charge in [-0.2, -0.15) is 0 Å². The monoisotopic (exact) mass is 229 g/mol. The zero-order valence-electron chi connectivity index (χ0n) is 10.7. The summed E-state index contributed by atoms with van der Waals surface area (Å²) in [5.41, 5.74) is -0.699. The van der Waals surface area contributed by atoms with Crippen molar-refractivity contribution < 1.29 is 10.2 Å². The van der Waals surface area contributed by atoms with E-state index in [1.165, 1.54) is 19.3 Å². The van der Waals surface area contributed by atoms with Gasteiger partial charge in [0.1, 0.15) is 0 Å². The largest absolute Gasteiger partial charge is 0.392 e. The van der Waals surface area contributed by atoms with Gasteiger partial charge in [0, 0.05) is 13.0 Å². The Morgan fingerprint density at radius 1 is 1.31 bits per heavy atom. The van der Waals surface area contributed by atoms with Gasteiger partial charge >= 0.3 is 0 Å². The summed E-state index contributed by atoms with van der Waals surface area (Å²) in [7, 11) is 0. The molecule has 1 rings (SSSR count). The minimum Gasteiger partial charge on any atom is -0.392 e. The number of hydrogen-bond acceptors (Lipinski definition) is 3. The van der Waals surface area contributed by atoms with Crippen LogP contribution in [0.25, 0.3) is 0 Å². The number of hydrogen-bond donors (Lipinski definition) is 3. The maximum absolute atomic E-state index is 10.4. The Morgan fingerprint density at radius 3 is 2.50 bits per heavy atom. The van der Waals surface area contributed by atoms with Crippen LogP contribution in [-0.2, 0) is 0 Å². The van der Waals surface area contributed by atoms with Crippen molar-refractivity contribution >= 4 is 0 Å². The van der Waals surface area contributed by atoms with Crippen LogP contribution in [0.5, 0.6) is 0 Å². The molecule has 0 aliphatic heterocycles. The number of rotatable bonds is 6. The van der Waals surface area contributed by atoms with E-state index in [0.29, 0.717) is 18.9 Å². The average Bonchev–Trinajstić information content (AvgIpc) is 2.27. The van der Waals surface area contributed by atoms with E-state index in [9.17, 15) is 10.2 Å². The highest BCUT2D eigenvalue weighted by Crippen LogP contribution is 2.35. The Hall–Kier alpha value is -0.120. The molecule has 3 heteroatoms. The molecule has 1 fully saturated rings. The van der Waals surface area contributed by atoms with Crippen LogP contribution in [0, 0.1) is 5.92 Å². The number of aliphatic hydroxyl groups excluding tert-OH is 1. The number of aliphatic hydroxyl groups is 2. The zero-order valence-corrected chi connectivity index (χ0v) is 10.7. The average molecular weight is 229 g/mol. The standard InChI is InChI=1S/C13H27NO2/c1-3-14-10-12(15)9-13(2,16)11-7-5-4-6-8-11/h11-12,14-16H,3-10H2,1-2H3. The number of nitrogens with one attached hydrogen (secondary N) is 1. The van der Waals surface area contributed by atoms with Gasteiger partial charge in [-0.05, 0) is 32.2 Å². The summed E-state index contributed by atoms with van der Waals surface area (Å²) >= 11 is 0. The molecule has 3 nitrogen and oxygen atoms in total. The fourth-order valence-corrected chi connectivity index (χ4v) is 2.75. The Balaban J connectivity index is 2.36. The molecule has 96 valence electrons. The van der Waals surface area contributed by atoms with E-state index in [2.05, 4.69) is 5.32 Å². The van der Waals surface area contributed by atoms with Crippen LogP contribution in [0.2, 0.25) is 0 Å². The molecule has 1 saturated carbocycles. The van der Waals surface area contributed by atoms with E-state index in [4.69, 9.17) is 0 Å². The molecule has 0 aromatic heterocycles. The molecule has 1 aliphatic carbocycles. The van der Waals surface area contributed by atoms with Gasteiger partial charge in [-0.1, -0.05) is 26.2 Å². The second-order valence-electron chi connectivity index (χ2n) is 5.36. The minimum absolute atomic E-state index is 0.373. The van der Waals surface area contributed by atoms with Crippen LogP contribution < -0.4 is 5.32 Å². The van der Waals surface area contributed by atoms with Crippen LogP contribution in [0.1, 0.15) is 52.4 Å². The smallest absolute Gasteiger partial charge is 0.0691 e. The predicted octanol–water partition coefficient (Wildman–Crippen LogP) is 1.68. The molecular weight excluding hydrogens is 202 g/mol. The summed E-state index contributed by atoms with van der Waals surface area (Å²) in [5, 5.41) is 23.4. The Bertz CT molecular complexity index is 188. The quantitative estimate of drug-likeness (QED) is 0.649. The van der Waals surface area contributed by atoms with Crippen molar-refractivity contribution in [1.82, 2.24) is 5.32 Å². The highest BCUT2D eigenvalue weighted by atomic mass is 16.3. The third-order valence-electron chi connectivity index (χ3n) is 3.76. The number of likely N-dealkylation sites (N-methyl/N-ethyl adjacent to an activating group) is 1. The zero-order chi connectivity index (χ0) is 12.0. The third-order valence-corrected chi connectivity index (χ3v) is 3.76. The maximum atomic E-state index is 10.4. The first kappa shape index (κ1) is 13.9. The van der Waals surface area contributed by atoms with E-state index < -0.39 is 11.7 Å². The van der Waals surface area contributed by atoms with E-state index in [-0.39, 0.29) is 0 Å². The third kappa shape index (κ3) is 4.40. The summed E-state index contributed by atoms with van der Waals surface area (Å²) in [5.74, 6) is 0.373. The molecule has 3 N–H and O–H groups in total. The lowest BCUT2D eigenvalue weighted by molar-refractivity contribution is -0.0522. The van der Waals surface area contributed by atoms with Crippen LogP contribution in [-0.4, -0.2) is 35.0 Å². The Kier molecular flexibility index (Phi) is 5.73. The topological polar surface area (TPSA) is 52.5 Å². The second kappa shape index (κ2) is 6.58. The minimum atomic E-state index is -0.699. The van der Waals surface area contributed by atoms with Crippen molar-refractivity contribution in [3.63, 3.8) is 0 Å². The van der Waals surface area contributed by atoms with Crippen molar-refractivity contribution in [1.29, 1.82) is 0 Å². The molecule has 2 unspecified atom stereocenters. The summed E-state index contributed by atoms with van der Waals surface area (Å²) in [6, 6.07) is 0. The van der Waals surface area contributed by atoms with E-state index >= 15 is 0 Å². The van der Waals surface area contributed by atoms with Crippen LogP contribution >= 0.6 is 0 Å². The Morgan fingerprint density at radius 2 is 1.94 bits per heavy atom. The maximum Gasteiger partial charge on any atom is 0.0691 e. The lowest BCUT2D eigenvalue weighted by Crippen LogP contribution is -2.41. The van der Waals surface area contributed by atoms with Gasteiger partial charge in [0.05, 0.1) is 11.7 Å². The van der Waals surface area contributed by atoms with E-state index in [1.54, 1.807) is 0 Å². The lowest BCUT2D eigenvalue weighted by atomic mass is 9.75. The van der Waals surface area contributed by atoms with E-state index in [0.717, 1.165) is 19.4 Å². The fraction of sp³-hybridized carbons (Fsp3) is 1.00. The normalized spacial score (nSPS) is 24.0. The summed E-state index contributed by atoms with van der Waals surface area (Å²) in [6.07, 6.45) is 6.03. The van der Waals surface area contributed by atoms with Gasteiger partial charge in [-0.25, -0.2) is 0 Å². The van der Waals surface area contributed by atoms with Crippen LogP contribution in [0.4, 0.5) is 0 Å². The molecule has 1 aliphatic rings. The highest BCUT2D eigenvalue weighted by Gasteiger charge is 2.34. The second-order valence-corrected chi connectivity index (χ2v) is 5.36. The van der Waals surface area contributed by atoms with Crippen molar-refractivity contribution in [2.45, 2.75) is 64.1 Å². The summed E-state index contributed by atoms with van der Waals surface area (Å²) < 4.78 is 0. The van der Waals surface area contributed by atoms with Crippen LogP contribution in [0.3, 0.4) is 0 Å². The van der Waals surface area contributed by atoms with Gasteiger partial charge in [0.15, 0.2) is 0 Å². The first-order chi connectivity index (χ1) is 7.56. The molecule has 0 amide bonds. The van der Waals surface area contributed by atoms with Gasteiger partial charge in [-0.3, -0.25) is 0 Å². The molecule has 0 aromatic rings. The molecule has 2 atom stereocenters. The predicted molar refractivity (Wildman–Crippen MR) is 66.4 cm³/mol. The molecular formula is C13H27NO2. The molecule has 0 radical (unpaired) electrons. The van der Waals surface area contributed by atoms with Crippen molar-refractivity contribution in [2.75, 3.05) is 13.1 Å². The van der Waals surface area contributed by atoms with Gasteiger partial charge in [0.2, 0.25) is 0 Å². The van der Waals surface area contributed by atoms with Crippen molar-refractivity contribution in [3.8, 4) is 0 Å². The van der Waals surface area contributed by atoms with Crippen LogP contribution in [0.15, 0.2) is 0 Å². The summed E-state index contributed by atoms with van der Waals surface area (Å²) in [6.45, 7) is 5.35. The molecule has 0 aromatic carbocycles. The SMILES string of the molecule is CCNCC(O)CC(C)(O)C1CCCCC1. The molecule has 0 saturated heterocycles. The molecule has 0 bridgehead atoms.